The van der Waals surface area contributed by atoms with Gasteiger partial charge < -0.3 is 9.80 Å². The first-order valence-corrected chi connectivity index (χ1v) is 12.6. The molecule has 3 rings (SSSR count). The molecule has 1 heterocycles. The molecule has 1 aliphatic carbocycles. The summed E-state index contributed by atoms with van der Waals surface area (Å²) in [7, 11) is -3.71. The lowest BCUT2D eigenvalue weighted by Crippen LogP contribution is -2.50. The number of non-ortho nitro benzene ring substituents is 1. The van der Waals surface area contributed by atoms with Crippen LogP contribution in [0.3, 0.4) is 0 Å². The molecule has 1 saturated heterocycles. The van der Waals surface area contributed by atoms with E-state index in [0.29, 0.717) is 38.5 Å². The van der Waals surface area contributed by atoms with Crippen molar-refractivity contribution in [3.8, 4) is 0 Å². The van der Waals surface area contributed by atoms with Gasteiger partial charge in [-0.25, -0.2) is 8.42 Å². The number of hydrogen-bond acceptors (Lipinski definition) is 6. The van der Waals surface area contributed by atoms with E-state index in [-0.39, 0.29) is 16.4 Å². The van der Waals surface area contributed by atoms with Crippen LogP contribution in [0.5, 0.6) is 0 Å². The van der Waals surface area contributed by atoms with Crippen molar-refractivity contribution in [2.75, 3.05) is 32.4 Å². The Balaban J connectivity index is 1.60. The summed E-state index contributed by atoms with van der Waals surface area (Å²) >= 11 is 0. The smallest absolute Gasteiger partial charge is 0.271 e. The van der Waals surface area contributed by atoms with Crippen molar-refractivity contribution in [1.82, 2.24) is 9.80 Å². The van der Waals surface area contributed by atoms with E-state index in [2.05, 4.69) is 0 Å². The second-order valence-electron chi connectivity index (χ2n) is 8.46. The van der Waals surface area contributed by atoms with E-state index >= 15 is 0 Å². The van der Waals surface area contributed by atoms with Crippen molar-refractivity contribution in [3.05, 3.63) is 33.9 Å². The highest BCUT2D eigenvalue weighted by Gasteiger charge is 2.27. The Hall–Kier alpha value is -2.49. The molecule has 0 bridgehead atoms. The SMILES string of the molecule is CS(=O)(=O)c1cc(C(=O)N2CCN(C(=O)CCC3CCCCC3)CC2)cc([N+](=O)[O-])c1. The predicted octanol–water partition coefficient (Wildman–Crippen LogP) is 2.64. The van der Waals surface area contributed by atoms with Gasteiger partial charge in [0, 0.05) is 56.6 Å². The molecule has 2 amide bonds. The molecule has 0 radical (unpaired) electrons. The minimum absolute atomic E-state index is 0.0355. The Bertz CT molecular complexity index is 948. The third-order valence-electron chi connectivity index (χ3n) is 6.19. The fourth-order valence-electron chi connectivity index (χ4n) is 4.33. The van der Waals surface area contributed by atoms with Gasteiger partial charge in [-0.2, -0.15) is 0 Å². The van der Waals surface area contributed by atoms with Crippen molar-refractivity contribution < 1.29 is 22.9 Å². The van der Waals surface area contributed by atoms with Gasteiger partial charge in [0.15, 0.2) is 9.84 Å². The summed E-state index contributed by atoms with van der Waals surface area (Å²) in [5.41, 5.74) is -0.477. The van der Waals surface area contributed by atoms with Gasteiger partial charge in [-0.1, -0.05) is 32.1 Å². The van der Waals surface area contributed by atoms with Gasteiger partial charge in [-0.15, -0.1) is 0 Å². The highest BCUT2D eigenvalue weighted by Crippen LogP contribution is 2.28. The highest BCUT2D eigenvalue weighted by molar-refractivity contribution is 7.90. The summed E-state index contributed by atoms with van der Waals surface area (Å²) < 4.78 is 23.7. The number of hydrogen-bond donors (Lipinski definition) is 0. The van der Waals surface area contributed by atoms with Crippen LogP contribution in [0, 0.1) is 16.0 Å². The topological polar surface area (TPSA) is 118 Å². The molecule has 1 aliphatic heterocycles. The summed E-state index contributed by atoms with van der Waals surface area (Å²) in [4.78, 5) is 38.9. The Labute approximate surface area is 182 Å². The summed E-state index contributed by atoms with van der Waals surface area (Å²) in [6, 6.07) is 3.22. The lowest BCUT2D eigenvalue weighted by atomic mass is 9.86. The molecule has 2 fully saturated rings. The quantitative estimate of drug-likeness (QED) is 0.485. The zero-order chi connectivity index (χ0) is 22.6. The molecule has 2 aliphatic rings. The Kier molecular flexibility index (Phi) is 7.30. The van der Waals surface area contributed by atoms with Crippen molar-refractivity contribution >= 4 is 27.3 Å². The van der Waals surface area contributed by atoms with Crippen LogP contribution in [0.4, 0.5) is 5.69 Å². The van der Waals surface area contributed by atoms with Crippen LogP contribution < -0.4 is 0 Å². The van der Waals surface area contributed by atoms with Gasteiger partial charge in [0.2, 0.25) is 5.91 Å². The molecule has 0 atom stereocenters. The van der Waals surface area contributed by atoms with Crippen LogP contribution in [0.2, 0.25) is 0 Å². The van der Waals surface area contributed by atoms with Crippen LogP contribution in [0.25, 0.3) is 0 Å². The molecule has 31 heavy (non-hydrogen) atoms. The van der Waals surface area contributed by atoms with Crippen molar-refractivity contribution in [1.29, 1.82) is 0 Å². The van der Waals surface area contributed by atoms with Gasteiger partial charge in [0.25, 0.3) is 11.6 Å². The van der Waals surface area contributed by atoms with E-state index < -0.39 is 26.4 Å². The summed E-state index contributed by atoms with van der Waals surface area (Å²) in [6.45, 7) is 1.43. The van der Waals surface area contributed by atoms with Crippen molar-refractivity contribution in [2.24, 2.45) is 5.92 Å². The fraction of sp³-hybridized carbons (Fsp3) is 0.619. The number of carbonyl (C=O) groups is 2. The zero-order valence-electron chi connectivity index (χ0n) is 17.8. The van der Waals surface area contributed by atoms with Crippen LogP contribution >= 0.6 is 0 Å². The molecule has 170 valence electrons. The monoisotopic (exact) mass is 451 g/mol. The number of amides is 2. The Morgan fingerprint density at radius 3 is 2.23 bits per heavy atom. The normalized spacial score (nSPS) is 18.1. The molecular formula is C21H29N3O6S. The van der Waals surface area contributed by atoms with E-state index in [1.807, 2.05) is 0 Å². The predicted molar refractivity (Wildman–Crippen MR) is 114 cm³/mol. The third-order valence-corrected chi connectivity index (χ3v) is 7.28. The third kappa shape index (κ3) is 6.03. The zero-order valence-corrected chi connectivity index (χ0v) is 18.6. The van der Waals surface area contributed by atoms with Crippen LogP contribution in [0.1, 0.15) is 55.3 Å². The summed E-state index contributed by atoms with van der Waals surface area (Å²) in [5.74, 6) is 0.272. The number of carbonyl (C=O) groups excluding carboxylic acids is 2. The van der Waals surface area contributed by atoms with Crippen LogP contribution in [-0.4, -0.2) is 67.4 Å². The van der Waals surface area contributed by atoms with Crippen molar-refractivity contribution in [2.45, 2.75) is 49.8 Å². The molecule has 9 nitrogen and oxygen atoms in total. The summed E-state index contributed by atoms with van der Waals surface area (Å²) in [5, 5.41) is 11.2. The maximum Gasteiger partial charge on any atom is 0.271 e. The lowest BCUT2D eigenvalue weighted by molar-refractivity contribution is -0.385. The standard InChI is InChI=1S/C21H29N3O6S/c1-31(29,30)19-14-17(13-18(15-19)24(27)28)21(26)23-11-9-22(10-12-23)20(25)8-7-16-5-3-2-4-6-16/h13-16H,2-12H2,1H3. The molecule has 1 aromatic carbocycles. The molecule has 0 N–H and O–H groups in total. The van der Waals surface area contributed by atoms with E-state index in [1.54, 1.807) is 4.90 Å². The fourth-order valence-corrected chi connectivity index (χ4v) is 5.01. The number of rotatable bonds is 6. The average Bonchev–Trinajstić information content (AvgIpc) is 2.76. The number of sulfone groups is 1. The van der Waals surface area contributed by atoms with Gasteiger partial charge in [-0.3, -0.25) is 19.7 Å². The molecule has 0 unspecified atom stereocenters. The molecule has 0 spiro atoms. The highest BCUT2D eigenvalue weighted by atomic mass is 32.2. The number of benzene rings is 1. The van der Waals surface area contributed by atoms with Gasteiger partial charge in [-0.05, 0) is 18.4 Å². The first kappa shape index (κ1) is 23.2. The minimum atomic E-state index is -3.71. The molecule has 10 heteroatoms. The average molecular weight is 452 g/mol. The molecule has 1 aromatic rings. The first-order chi connectivity index (χ1) is 14.6. The number of nitro groups is 1. The number of nitrogens with zero attached hydrogens (tertiary/aromatic N) is 3. The van der Waals surface area contributed by atoms with E-state index in [1.165, 1.54) is 43.1 Å². The van der Waals surface area contributed by atoms with E-state index in [9.17, 15) is 28.1 Å². The largest absolute Gasteiger partial charge is 0.339 e. The maximum atomic E-state index is 12.9. The Morgan fingerprint density at radius 1 is 1.03 bits per heavy atom. The number of piperazine rings is 1. The second-order valence-corrected chi connectivity index (χ2v) is 10.5. The Morgan fingerprint density at radius 2 is 1.65 bits per heavy atom. The summed E-state index contributed by atoms with van der Waals surface area (Å²) in [6.07, 6.45) is 8.58. The van der Waals surface area contributed by atoms with Gasteiger partial charge in [0.05, 0.1) is 9.82 Å². The molecule has 1 saturated carbocycles. The molecular weight excluding hydrogens is 422 g/mol. The first-order valence-electron chi connectivity index (χ1n) is 10.7. The van der Waals surface area contributed by atoms with Gasteiger partial charge >= 0.3 is 0 Å². The minimum Gasteiger partial charge on any atom is -0.339 e. The lowest BCUT2D eigenvalue weighted by Gasteiger charge is -2.35. The maximum absolute atomic E-state index is 12.9. The van der Waals surface area contributed by atoms with E-state index in [0.717, 1.165) is 24.8 Å². The molecule has 0 aromatic heterocycles. The van der Waals surface area contributed by atoms with Crippen LogP contribution in [-0.2, 0) is 14.6 Å². The van der Waals surface area contributed by atoms with Gasteiger partial charge in [0.1, 0.15) is 0 Å². The number of nitro benzene ring substituents is 1. The van der Waals surface area contributed by atoms with E-state index in [4.69, 9.17) is 0 Å². The van der Waals surface area contributed by atoms with Crippen molar-refractivity contribution in [3.63, 3.8) is 0 Å². The second kappa shape index (κ2) is 9.76. The van der Waals surface area contributed by atoms with Crippen LogP contribution in [0.15, 0.2) is 23.1 Å².